The summed E-state index contributed by atoms with van der Waals surface area (Å²) in [5.74, 6) is 1.73. The number of fused-ring (bicyclic) bond motifs is 1. The predicted molar refractivity (Wildman–Crippen MR) is 118 cm³/mol. The van der Waals surface area contributed by atoms with E-state index in [-0.39, 0.29) is 11.8 Å². The van der Waals surface area contributed by atoms with Crippen molar-refractivity contribution in [2.24, 2.45) is 5.92 Å². The molecule has 1 aromatic rings. The molecule has 2 saturated heterocycles. The molecule has 31 heavy (non-hydrogen) atoms. The molecular formula is C24H35N3O4. The summed E-state index contributed by atoms with van der Waals surface area (Å²) in [4.78, 5) is 31.1. The average molecular weight is 430 g/mol. The number of aryl methyl sites for hydroxylation is 1. The average Bonchev–Trinajstić information content (AvgIpc) is 3.00. The fourth-order valence-corrected chi connectivity index (χ4v) is 4.87. The fourth-order valence-electron chi connectivity index (χ4n) is 4.87. The summed E-state index contributed by atoms with van der Waals surface area (Å²) in [6, 6.07) is 6.13. The summed E-state index contributed by atoms with van der Waals surface area (Å²) in [5, 5.41) is 0. The third kappa shape index (κ3) is 5.98. The number of carbonyl (C=O) groups is 2. The zero-order valence-corrected chi connectivity index (χ0v) is 18.7. The highest BCUT2D eigenvalue weighted by atomic mass is 16.5. The molecule has 4 rings (SSSR count). The topological polar surface area (TPSA) is 62.3 Å². The van der Waals surface area contributed by atoms with Gasteiger partial charge in [-0.05, 0) is 36.8 Å². The van der Waals surface area contributed by atoms with Gasteiger partial charge in [-0.2, -0.15) is 0 Å². The van der Waals surface area contributed by atoms with E-state index in [2.05, 4.69) is 15.9 Å². The van der Waals surface area contributed by atoms with Crippen molar-refractivity contribution in [3.05, 3.63) is 29.3 Å². The standard InChI is InChI=1S/C24H35N3O4/c1-19(28)26-11-14-31-23-6-4-20(15-22(23)18-26)5-7-24(29)27-8-2-3-21(17-27)16-25-9-12-30-13-10-25/h4,6,15,21H,2-3,5,7-14,16-18H2,1H3. The minimum absolute atomic E-state index is 0.0637. The SMILES string of the molecule is CC(=O)N1CCOc2ccc(CCC(=O)N3CCCC(CN4CCOCC4)C3)cc2C1. The molecule has 1 aromatic carbocycles. The smallest absolute Gasteiger partial charge is 0.222 e. The molecule has 0 aromatic heterocycles. The van der Waals surface area contributed by atoms with Crippen molar-refractivity contribution < 1.29 is 19.1 Å². The molecule has 1 atom stereocenters. The Balaban J connectivity index is 1.29. The molecule has 2 amide bonds. The molecule has 0 bridgehead atoms. The van der Waals surface area contributed by atoms with Gasteiger partial charge >= 0.3 is 0 Å². The molecule has 7 nitrogen and oxygen atoms in total. The van der Waals surface area contributed by atoms with Gasteiger partial charge in [-0.1, -0.05) is 12.1 Å². The molecule has 0 spiro atoms. The number of likely N-dealkylation sites (tertiary alicyclic amines) is 1. The number of hydrogen-bond donors (Lipinski definition) is 0. The number of benzene rings is 1. The van der Waals surface area contributed by atoms with Gasteiger partial charge in [0.2, 0.25) is 11.8 Å². The van der Waals surface area contributed by atoms with Gasteiger partial charge in [0.1, 0.15) is 12.4 Å². The molecule has 1 unspecified atom stereocenters. The van der Waals surface area contributed by atoms with Crippen molar-refractivity contribution >= 4 is 11.8 Å². The van der Waals surface area contributed by atoms with Crippen molar-refractivity contribution in [1.29, 1.82) is 0 Å². The van der Waals surface area contributed by atoms with Gasteiger partial charge in [-0.3, -0.25) is 14.5 Å². The Kier molecular flexibility index (Phi) is 7.45. The van der Waals surface area contributed by atoms with Crippen LogP contribution in [0.25, 0.3) is 0 Å². The van der Waals surface area contributed by atoms with Gasteiger partial charge < -0.3 is 19.3 Å². The molecule has 0 aliphatic carbocycles. The van der Waals surface area contributed by atoms with Crippen molar-refractivity contribution in [3.63, 3.8) is 0 Å². The lowest BCUT2D eigenvalue weighted by molar-refractivity contribution is -0.133. The molecule has 3 heterocycles. The Morgan fingerprint density at radius 2 is 1.90 bits per heavy atom. The van der Waals surface area contributed by atoms with Gasteiger partial charge in [-0.25, -0.2) is 0 Å². The largest absolute Gasteiger partial charge is 0.491 e. The normalized spacial score (nSPS) is 22.4. The number of morpholine rings is 1. The summed E-state index contributed by atoms with van der Waals surface area (Å²) < 4.78 is 11.2. The van der Waals surface area contributed by atoms with Crippen LogP contribution in [0.3, 0.4) is 0 Å². The van der Waals surface area contributed by atoms with E-state index >= 15 is 0 Å². The van der Waals surface area contributed by atoms with Gasteiger partial charge in [0.05, 0.1) is 19.8 Å². The minimum Gasteiger partial charge on any atom is -0.491 e. The molecule has 170 valence electrons. The van der Waals surface area contributed by atoms with E-state index in [4.69, 9.17) is 9.47 Å². The highest BCUT2D eigenvalue weighted by Crippen LogP contribution is 2.25. The Morgan fingerprint density at radius 1 is 1.06 bits per heavy atom. The summed E-state index contributed by atoms with van der Waals surface area (Å²) in [6.45, 7) is 9.79. The number of amides is 2. The quantitative estimate of drug-likeness (QED) is 0.716. The summed E-state index contributed by atoms with van der Waals surface area (Å²) in [5.41, 5.74) is 2.16. The monoisotopic (exact) mass is 429 g/mol. The number of ether oxygens (including phenoxy) is 2. The van der Waals surface area contributed by atoms with E-state index in [0.717, 1.165) is 75.7 Å². The van der Waals surface area contributed by atoms with Crippen LogP contribution in [0.5, 0.6) is 5.75 Å². The lowest BCUT2D eigenvalue weighted by Gasteiger charge is -2.37. The predicted octanol–water partition coefficient (Wildman–Crippen LogP) is 1.93. The fraction of sp³-hybridized carbons (Fsp3) is 0.667. The van der Waals surface area contributed by atoms with Gasteiger partial charge in [0.25, 0.3) is 0 Å². The van der Waals surface area contributed by atoms with Crippen LogP contribution >= 0.6 is 0 Å². The van der Waals surface area contributed by atoms with Crippen LogP contribution in [0.2, 0.25) is 0 Å². The van der Waals surface area contributed by atoms with Gasteiger partial charge in [0.15, 0.2) is 0 Å². The minimum atomic E-state index is 0.0637. The Morgan fingerprint density at radius 3 is 2.71 bits per heavy atom. The first kappa shape index (κ1) is 22.1. The summed E-state index contributed by atoms with van der Waals surface area (Å²) in [6.07, 6.45) is 3.55. The zero-order valence-electron chi connectivity index (χ0n) is 18.7. The van der Waals surface area contributed by atoms with E-state index in [1.165, 1.54) is 6.42 Å². The second kappa shape index (κ2) is 10.5. The molecule has 2 fully saturated rings. The lowest BCUT2D eigenvalue weighted by Crippen LogP contribution is -2.46. The van der Waals surface area contributed by atoms with Crippen LogP contribution in [0.15, 0.2) is 18.2 Å². The number of hydrogen-bond acceptors (Lipinski definition) is 5. The second-order valence-electron chi connectivity index (χ2n) is 8.99. The first-order chi connectivity index (χ1) is 15.1. The molecule has 0 N–H and O–H groups in total. The third-order valence-electron chi connectivity index (χ3n) is 6.67. The number of rotatable bonds is 5. The Bertz CT molecular complexity index is 778. The van der Waals surface area contributed by atoms with Crippen molar-refractivity contribution in [3.8, 4) is 5.75 Å². The van der Waals surface area contributed by atoms with Crippen LogP contribution < -0.4 is 4.74 Å². The van der Waals surface area contributed by atoms with E-state index in [1.54, 1.807) is 6.92 Å². The van der Waals surface area contributed by atoms with Gasteiger partial charge in [0, 0.05) is 58.2 Å². The molecule has 3 aliphatic rings. The summed E-state index contributed by atoms with van der Waals surface area (Å²) >= 11 is 0. The highest BCUT2D eigenvalue weighted by Gasteiger charge is 2.26. The Hall–Kier alpha value is -2.12. The van der Waals surface area contributed by atoms with Crippen molar-refractivity contribution in [1.82, 2.24) is 14.7 Å². The van der Waals surface area contributed by atoms with Crippen LogP contribution in [0.1, 0.15) is 37.3 Å². The lowest BCUT2D eigenvalue weighted by atomic mass is 9.96. The van der Waals surface area contributed by atoms with E-state index in [1.807, 2.05) is 17.0 Å². The van der Waals surface area contributed by atoms with Crippen LogP contribution in [-0.4, -0.2) is 85.6 Å². The molecule has 3 aliphatic heterocycles. The number of nitrogens with zero attached hydrogens (tertiary/aromatic N) is 3. The molecule has 0 saturated carbocycles. The molecule has 7 heteroatoms. The van der Waals surface area contributed by atoms with E-state index in [9.17, 15) is 9.59 Å². The Labute approximate surface area is 185 Å². The van der Waals surface area contributed by atoms with Crippen molar-refractivity contribution in [2.75, 3.05) is 59.1 Å². The molecule has 0 radical (unpaired) electrons. The van der Waals surface area contributed by atoms with Gasteiger partial charge in [-0.15, -0.1) is 0 Å². The van der Waals surface area contributed by atoms with Crippen LogP contribution in [-0.2, 0) is 27.3 Å². The van der Waals surface area contributed by atoms with E-state index in [0.29, 0.717) is 32.0 Å². The van der Waals surface area contributed by atoms with E-state index < -0.39 is 0 Å². The maximum absolute atomic E-state index is 12.9. The summed E-state index contributed by atoms with van der Waals surface area (Å²) in [7, 11) is 0. The van der Waals surface area contributed by atoms with Crippen LogP contribution in [0.4, 0.5) is 0 Å². The number of carbonyl (C=O) groups excluding carboxylic acids is 2. The first-order valence-electron chi connectivity index (χ1n) is 11.7. The zero-order chi connectivity index (χ0) is 21.6. The van der Waals surface area contributed by atoms with Crippen LogP contribution in [0, 0.1) is 5.92 Å². The maximum Gasteiger partial charge on any atom is 0.222 e. The first-order valence-corrected chi connectivity index (χ1v) is 11.7. The third-order valence-corrected chi connectivity index (χ3v) is 6.67. The number of piperidine rings is 1. The van der Waals surface area contributed by atoms with Crippen molar-refractivity contribution in [2.45, 2.75) is 39.2 Å². The molecular weight excluding hydrogens is 394 g/mol. The second-order valence-corrected chi connectivity index (χ2v) is 8.99. The maximum atomic E-state index is 12.9. The highest BCUT2D eigenvalue weighted by molar-refractivity contribution is 5.76.